The molecule has 0 aliphatic heterocycles. The average Bonchev–Trinajstić information content (AvgIpc) is 2.20. The molecule has 0 atom stereocenters. The summed E-state index contributed by atoms with van der Waals surface area (Å²) in [6, 6.07) is 4.30. The van der Waals surface area contributed by atoms with E-state index in [0.29, 0.717) is 0 Å². The fraction of sp³-hybridized carbons (Fsp3) is 0.538. The third-order valence-electron chi connectivity index (χ3n) is 3.04. The van der Waals surface area contributed by atoms with Crippen molar-refractivity contribution in [2.45, 2.75) is 33.2 Å². The summed E-state index contributed by atoms with van der Waals surface area (Å²) in [7, 11) is 3.70. The number of aryl methyl sites for hydroxylation is 2. The van der Waals surface area contributed by atoms with Crippen LogP contribution in [0.1, 0.15) is 30.5 Å². The molecule has 0 fully saturated rings. The van der Waals surface area contributed by atoms with Crippen LogP contribution in [-0.4, -0.2) is 14.2 Å². The molecule has 0 saturated carbocycles. The van der Waals surface area contributed by atoms with Gasteiger partial charge in [-0.15, -0.1) is 0 Å². The quantitative estimate of drug-likeness (QED) is 0.823. The summed E-state index contributed by atoms with van der Waals surface area (Å²) < 4.78 is 5.31. The van der Waals surface area contributed by atoms with Crippen molar-refractivity contribution in [3.8, 4) is 5.75 Å². The molecule has 1 N–H and O–H groups in total. The van der Waals surface area contributed by atoms with Gasteiger partial charge in [-0.25, -0.2) is 0 Å². The summed E-state index contributed by atoms with van der Waals surface area (Å²) in [5.41, 5.74) is 3.77. The Morgan fingerprint density at radius 1 is 1.13 bits per heavy atom. The molecule has 2 heteroatoms. The summed E-state index contributed by atoms with van der Waals surface area (Å²) >= 11 is 0. The molecule has 0 aliphatic rings. The van der Waals surface area contributed by atoms with Gasteiger partial charge < -0.3 is 10.1 Å². The number of benzene rings is 1. The first-order valence-corrected chi connectivity index (χ1v) is 5.27. The fourth-order valence-electron chi connectivity index (χ4n) is 1.82. The zero-order chi connectivity index (χ0) is 11.6. The first kappa shape index (κ1) is 12.1. The highest BCUT2D eigenvalue weighted by Gasteiger charge is 2.20. The molecule has 0 spiro atoms. The Hall–Kier alpha value is -1.02. The van der Waals surface area contributed by atoms with Crippen LogP contribution in [0, 0.1) is 13.8 Å². The molecule has 0 aliphatic carbocycles. The smallest absolute Gasteiger partial charge is 0.122 e. The Balaban J connectivity index is 3.28. The fourth-order valence-corrected chi connectivity index (χ4v) is 1.82. The van der Waals surface area contributed by atoms with Crippen LogP contribution in [0.2, 0.25) is 0 Å². The van der Waals surface area contributed by atoms with E-state index < -0.39 is 0 Å². The number of methoxy groups -OCH3 is 1. The van der Waals surface area contributed by atoms with Gasteiger partial charge >= 0.3 is 0 Å². The molecule has 0 radical (unpaired) electrons. The lowest BCUT2D eigenvalue weighted by Crippen LogP contribution is -2.34. The number of rotatable bonds is 3. The zero-order valence-electron chi connectivity index (χ0n) is 10.6. The van der Waals surface area contributed by atoms with Gasteiger partial charge in [0.15, 0.2) is 0 Å². The van der Waals surface area contributed by atoms with Crippen molar-refractivity contribution in [3.63, 3.8) is 0 Å². The van der Waals surface area contributed by atoms with Gasteiger partial charge in [0.05, 0.1) is 7.11 Å². The van der Waals surface area contributed by atoms with Crippen molar-refractivity contribution < 1.29 is 4.74 Å². The molecule has 84 valence electrons. The van der Waals surface area contributed by atoms with E-state index >= 15 is 0 Å². The van der Waals surface area contributed by atoms with E-state index in [0.717, 1.165) is 5.75 Å². The molecule has 1 aromatic carbocycles. The SMILES string of the molecule is CNC(C)(C)c1cc(C)c(OC)cc1C. The van der Waals surface area contributed by atoms with E-state index in [4.69, 9.17) is 4.74 Å². The maximum atomic E-state index is 5.31. The molecular formula is C13H21NO. The third-order valence-corrected chi connectivity index (χ3v) is 3.04. The van der Waals surface area contributed by atoms with Gasteiger partial charge in [0.25, 0.3) is 0 Å². The first-order valence-electron chi connectivity index (χ1n) is 5.27. The normalized spacial score (nSPS) is 11.6. The molecule has 15 heavy (non-hydrogen) atoms. The monoisotopic (exact) mass is 207 g/mol. The zero-order valence-corrected chi connectivity index (χ0v) is 10.6. The number of ether oxygens (including phenoxy) is 1. The molecule has 0 amide bonds. The lowest BCUT2D eigenvalue weighted by Gasteiger charge is -2.27. The maximum Gasteiger partial charge on any atom is 0.122 e. The second-order valence-corrected chi connectivity index (χ2v) is 4.51. The van der Waals surface area contributed by atoms with Crippen LogP contribution < -0.4 is 10.1 Å². The third kappa shape index (κ3) is 2.32. The highest BCUT2D eigenvalue weighted by Crippen LogP contribution is 2.29. The molecule has 0 heterocycles. The van der Waals surface area contributed by atoms with Gasteiger partial charge in [-0.1, -0.05) is 6.07 Å². The topological polar surface area (TPSA) is 21.3 Å². The lowest BCUT2D eigenvalue weighted by atomic mass is 9.89. The Morgan fingerprint density at radius 2 is 1.73 bits per heavy atom. The summed E-state index contributed by atoms with van der Waals surface area (Å²) in [4.78, 5) is 0. The molecule has 0 saturated heterocycles. The predicted octanol–water partition coefficient (Wildman–Crippen LogP) is 2.77. The molecular weight excluding hydrogens is 186 g/mol. The summed E-state index contributed by atoms with van der Waals surface area (Å²) in [5, 5.41) is 3.32. The van der Waals surface area contributed by atoms with Crippen molar-refractivity contribution in [3.05, 3.63) is 28.8 Å². The number of nitrogens with one attached hydrogen (secondary N) is 1. The molecule has 0 unspecified atom stereocenters. The van der Waals surface area contributed by atoms with E-state index in [1.165, 1.54) is 16.7 Å². The van der Waals surface area contributed by atoms with Crippen molar-refractivity contribution in [1.82, 2.24) is 5.32 Å². The van der Waals surface area contributed by atoms with E-state index in [1.807, 2.05) is 7.05 Å². The van der Waals surface area contributed by atoms with Crippen molar-refractivity contribution in [2.24, 2.45) is 0 Å². The standard InChI is InChI=1S/C13H21NO/c1-9-8-12(15-6)10(2)7-11(9)13(3,4)14-5/h7-8,14H,1-6H3. The van der Waals surface area contributed by atoms with Crippen molar-refractivity contribution >= 4 is 0 Å². The first-order chi connectivity index (χ1) is 6.92. The van der Waals surface area contributed by atoms with Crippen LogP contribution in [0.3, 0.4) is 0 Å². The van der Waals surface area contributed by atoms with Gasteiger partial charge in [0, 0.05) is 5.54 Å². The van der Waals surface area contributed by atoms with Crippen LogP contribution in [0.4, 0.5) is 0 Å². The second-order valence-electron chi connectivity index (χ2n) is 4.51. The molecule has 0 aromatic heterocycles. The predicted molar refractivity (Wildman–Crippen MR) is 64.6 cm³/mol. The lowest BCUT2D eigenvalue weighted by molar-refractivity contribution is 0.407. The van der Waals surface area contributed by atoms with Gasteiger partial charge in [-0.2, -0.15) is 0 Å². The van der Waals surface area contributed by atoms with Gasteiger partial charge in [0.2, 0.25) is 0 Å². The number of hydrogen-bond acceptors (Lipinski definition) is 2. The Kier molecular flexibility index (Phi) is 3.40. The van der Waals surface area contributed by atoms with Crippen molar-refractivity contribution in [2.75, 3.05) is 14.2 Å². The maximum absolute atomic E-state index is 5.31. The Labute approximate surface area is 92.6 Å². The summed E-state index contributed by atoms with van der Waals surface area (Å²) in [5.74, 6) is 0.961. The van der Waals surface area contributed by atoms with Gasteiger partial charge in [-0.3, -0.25) is 0 Å². The van der Waals surface area contributed by atoms with Gasteiger partial charge in [0.1, 0.15) is 5.75 Å². The van der Waals surface area contributed by atoms with E-state index in [2.05, 4.69) is 45.1 Å². The molecule has 1 aromatic rings. The highest BCUT2D eigenvalue weighted by molar-refractivity contribution is 5.44. The van der Waals surface area contributed by atoms with Gasteiger partial charge in [-0.05, 0) is 57.5 Å². The minimum atomic E-state index is 0.00111. The Bertz CT molecular complexity index is 356. The van der Waals surface area contributed by atoms with Crippen LogP contribution in [0.15, 0.2) is 12.1 Å². The molecule has 0 bridgehead atoms. The van der Waals surface area contributed by atoms with E-state index in [9.17, 15) is 0 Å². The molecule has 1 rings (SSSR count). The van der Waals surface area contributed by atoms with E-state index in [-0.39, 0.29) is 5.54 Å². The van der Waals surface area contributed by atoms with Crippen LogP contribution in [0.5, 0.6) is 5.75 Å². The van der Waals surface area contributed by atoms with Crippen LogP contribution in [0.25, 0.3) is 0 Å². The second kappa shape index (κ2) is 4.23. The van der Waals surface area contributed by atoms with Crippen LogP contribution in [-0.2, 0) is 5.54 Å². The minimum absolute atomic E-state index is 0.00111. The average molecular weight is 207 g/mol. The Morgan fingerprint density at radius 3 is 2.20 bits per heavy atom. The van der Waals surface area contributed by atoms with Crippen LogP contribution >= 0.6 is 0 Å². The number of hydrogen-bond donors (Lipinski definition) is 1. The van der Waals surface area contributed by atoms with Crippen molar-refractivity contribution in [1.29, 1.82) is 0 Å². The largest absolute Gasteiger partial charge is 0.496 e. The molecule has 2 nitrogen and oxygen atoms in total. The highest BCUT2D eigenvalue weighted by atomic mass is 16.5. The van der Waals surface area contributed by atoms with E-state index in [1.54, 1.807) is 7.11 Å². The minimum Gasteiger partial charge on any atom is -0.496 e. The summed E-state index contributed by atoms with van der Waals surface area (Å²) in [6.07, 6.45) is 0. The summed E-state index contributed by atoms with van der Waals surface area (Å²) in [6.45, 7) is 8.56.